The molecule has 1 aliphatic carbocycles. The lowest BCUT2D eigenvalue weighted by atomic mass is 9.89. The Labute approximate surface area is 50.0 Å². The lowest BCUT2D eigenvalue weighted by Gasteiger charge is -2.23. The van der Waals surface area contributed by atoms with Gasteiger partial charge >= 0.3 is 0 Å². The smallest absolute Gasteiger partial charge is 0.0253 e. The van der Waals surface area contributed by atoms with Crippen LogP contribution < -0.4 is 5.73 Å². The van der Waals surface area contributed by atoms with Crippen LogP contribution in [0.1, 0.15) is 12.8 Å². The van der Waals surface area contributed by atoms with E-state index in [9.17, 15) is 0 Å². The molecular weight excluding hydrogens is 110 g/mol. The third-order valence-corrected chi connectivity index (χ3v) is 1.30. The van der Waals surface area contributed by atoms with E-state index in [1.54, 1.807) is 0 Å². The van der Waals surface area contributed by atoms with E-state index >= 15 is 0 Å². The Balaban J connectivity index is 0.000000360. The lowest BCUT2D eigenvalue weighted by Crippen LogP contribution is -2.30. The van der Waals surface area contributed by atoms with E-state index in [-0.39, 0.29) is 12.4 Å². The second-order valence-electron chi connectivity index (χ2n) is 1.80. The molecule has 0 aliphatic heterocycles. The zero-order valence-electron chi connectivity index (χ0n) is 4.18. The first-order valence-electron chi connectivity index (χ1n) is 2.24. The maximum atomic E-state index is 5.42. The number of halogens is 1. The predicted octanol–water partition coefficient (Wildman–Crippen LogP) is 1.09. The molecule has 0 radical (unpaired) electrons. The van der Waals surface area contributed by atoms with Crippen molar-refractivity contribution in [2.24, 2.45) is 5.73 Å². The molecule has 0 aromatic rings. The van der Waals surface area contributed by atoms with Crippen molar-refractivity contribution < 1.29 is 0 Å². The molecule has 0 amide bonds. The normalized spacial score (nSPS) is 28.1. The molecule has 0 aromatic heterocycles. The summed E-state index contributed by atoms with van der Waals surface area (Å²) in [7, 11) is 0. The van der Waals surface area contributed by atoms with Gasteiger partial charge in [-0.2, -0.15) is 0 Å². The molecule has 0 bridgehead atoms. The number of rotatable bonds is 0. The van der Waals surface area contributed by atoms with Crippen molar-refractivity contribution in [3.63, 3.8) is 0 Å². The Morgan fingerprint density at radius 3 is 2.14 bits per heavy atom. The second kappa shape index (κ2) is 2.34. The molecule has 2 heteroatoms. The summed E-state index contributed by atoms with van der Waals surface area (Å²) in [6, 6.07) is 0.338. The summed E-state index contributed by atoms with van der Waals surface area (Å²) in [5.41, 5.74) is 6.64. The fourth-order valence-corrected chi connectivity index (χ4v) is 0.515. The van der Waals surface area contributed by atoms with Crippen LogP contribution in [0, 0.1) is 0 Å². The predicted molar refractivity (Wildman–Crippen MR) is 33.6 cm³/mol. The number of hydrogen-bond donors (Lipinski definition) is 1. The van der Waals surface area contributed by atoms with Crippen molar-refractivity contribution in [3.8, 4) is 0 Å². The molecule has 0 aromatic carbocycles. The molecule has 1 aliphatic rings. The van der Waals surface area contributed by atoms with Crippen molar-refractivity contribution in [2.75, 3.05) is 0 Å². The Morgan fingerprint density at radius 2 is 2.14 bits per heavy atom. The Hall–Kier alpha value is -0.0100. The maximum absolute atomic E-state index is 5.42. The third kappa shape index (κ3) is 1.18. The van der Waals surface area contributed by atoms with Gasteiger partial charge in [-0.3, -0.25) is 0 Å². The first kappa shape index (κ1) is 6.99. The quantitative estimate of drug-likeness (QED) is 0.475. The van der Waals surface area contributed by atoms with Crippen LogP contribution in [0.15, 0.2) is 12.2 Å². The molecule has 7 heavy (non-hydrogen) atoms. The summed E-state index contributed by atoms with van der Waals surface area (Å²) in [4.78, 5) is 0. The van der Waals surface area contributed by atoms with E-state index in [0.717, 1.165) is 12.8 Å². The summed E-state index contributed by atoms with van der Waals surface area (Å²) in [5, 5.41) is 0. The van der Waals surface area contributed by atoms with Crippen molar-refractivity contribution in [2.45, 2.75) is 18.9 Å². The van der Waals surface area contributed by atoms with Gasteiger partial charge in [0.2, 0.25) is 0 Å². The minimum atomic E-state index is 0. The van der Waals surface area contributed by atoms with Crippen LogP contribution in [0.5, 0.6) is 0 Å². The van der Waals surface area contributed by atoms with Gasteiger partial charge in [-0.05, 0) is 12.8 Å². The van der Waals surface area contributed by atoms with Crippen molar-refractivity contribution >= 4 is 12.4 Å². The van der Waals surface area contributed by atoms with Crippen LogP contribution in [-0.2, 0) is 0 Å². The molecule has 0 saturated heterocycles. The molecule has 0 spiro atoms. The van der Waals surface area contributed by atoms with E-state index in [2.05, 4.69) is 6.58 Å². The molecule has 42 valence electrons. The third-order valence-electron chi connectivity index (χ3n) is 1.30. The summed E-state index contributed by atoms with van der Waals surface area (Å²) < 4.78 is 0. The summed E-state index contributed by atoms with van der Waals surface area (Å²) in [6.07, 6.45) is 2.31. The highest BCUT2D eigenvalue weighted by molar-refractivity contribution is 5.85. The fourth-order valence-electron chi connectivity index (χ4n) is 0.515. The molecule has 1 rings (SSSR count). The molecular formula is C5H10ClN. The van der Waals surface area contributed by atoms with Crippen LogP contribution in [0.4, 0.5) is 0 Å². The zero-order valence-corrected chi connectivity index (χ0v) is 5.00. The summed E-state index contributed by atoms with van der Waals surface area (Å²) >= 11 is 0. The number of hydrogen-bond acceptors (Lipinski definition) is 1. The van der Waals surface area contributed by atoms with Gasteiger partial charge in [0, 0.05) is 6.04 Å². The van der Waals surface area contributed by atoms with Crippen molar-refractivity contribution in [1.29, 1.82) is 0 Å². The van der Waals surface area contributed by atoms with Gasteiger partial charge in [0.05, 0.1) is 0 Å². The van der Waals surface area contributed by atoms with E-state index in [1.165, 1.54) is 5.57 Å². The van der Waals surface area contributed by atoms with Gasteiger partial charge in [-0.25, -0.2) is 0 Å². The van der Waals surface area contributed by atoms with Gasteiger partial charge in [-0.15, -0.1) is 12.4 Å². The lowest BCUT2D eigenvalue weighted by molar-refractivity contribution is 0.560. The van der Waals surface area contributed by atoms with Gasteiger partial charge in [0.1, 0.15) is 0 Å². The monoisotopic (exact) mass is 119 g/mol. The Kier molecular flexibility index (Phi) is 2.33. The van der Waals surface area contributed by atoms with Gasteiger partial charge < -0.3 is 5.73 Å². The van der Waals surface area contributed by atoms with Crippen molar-refractivity contribution in [1.82, 2.24) is 0 Å². The molecule has 1 fully saturated rings. The Morgan fingerprint density at radius 1 is 1.71 bits per heavy atom. The van der Waals surface area contributed by atoms with Crippen LogP contribution in [0.3, 0.4) is 0 Å². The minimum absolute atomic E-state index is 0. The Bertz CT molecular complexity index is 80.1. The standard InChI is InChI=1S/C5H9N.ClH/c1-4-2-3-5(4)6;/h5H,1-3,6H2;1H. The highest BCUT2D eigenvalue weighted by atomic mass is 35.5. The van der Waals surface area contributed by atoms with Crippen LogP contribution in [0.25, 0.3) is 0 Å². The summed E-state index contributed by atoms with van der Waals surface area (Å²) in [5.74, 6) is 0. The van der Waals surface area contributed by atoms with E-state index in [4.69, 9.17) is 5.73 Å². The first-order valence-corrected chi connectivity index (χ1v) is 2.24. The van der Waals surface area contributed by atoms with Crippen LogP contribution >= 0.6 is 12.4 Å². The largest absolute Gasteiger partial charge is 0.324 e. The van der Waals surface area contributed by atoms with Crippen molar-refractivity contribution in [3.05, 3.63) is 12.2 Å². The van der Waals surface area contributed by atoms with Gasteiger partial charge in [0.25, 0.3) is 0 Å². The number of nitrogens with two attached hydrogens (primary N) is 1. The first-order chi connectivity index (χ1) is 2.80. The van der Waals surface area contributed by atoms with Crippen LogP contribution in [-0.4, -0.2) is 6.04 Å². The zero-order chi connectivity index (χ0) is 4.57. The van der Waals surface area contributed by atoms with E-state index < -0.39 is 0 Å². The highest BCUT2D eigenvalue weighted by Gasteiger charge is 2.15. The second-order valence-corrected chi connectivity index (χ2v) is 1.80. The molecule has 0 heterocycles. The minimum Gasteiger partial charge on any atom is -0.324 e. The maximum Gasteiger partial charge on any atom is 0.0253 e. The van der Waals surface area contributed by atoms with Gasteiger partial charge in [0.15, 0.2) is 0 Å². The molecule has 1 nitrogen and oxygen atoms in total. The average Bonchev–Trinajstić information content (AvgIpc) is 1.61. The van der Waals surface area contributed by atoms with Crippen LogP contribution in [0.2, 0.25) is 0 Å². The SMILES string of the molecule is C=C1CCC1N.Cl. The van der Waals surface area contributed by atoms with E-state index in [0.29, 0.717) is 6.04 Å². The molecule has 1 unspecified atom stereocenters. The molecule has 1 saturated carbocycles. The van der Waals surface area contributed by atoms with Gasteiger partial charge in [-0.1, -0.05) is 12.2 Å². The molecule has 1 atom stereocenters. The average molecular weight is 120 g/mol. The molecule has 2 N–H and O–H groups in total. The van der Waals surface area contributed by atoms with E-state index in [1.807, 2.05) is 0 Å². The summed E-state index contributed by atoms with van der Waals surface area (Å²) in [6.45, 7) is 3.72. The highest BCUT2D eigenvalue weighted by Crippen LogP contribution is 2.21. The topological polar surface area (TPSA) is 26.0 Å². The fraction of sp³-hybridized carbons (Fsp3) is 0.600.